The number of hydrogen-bond acceptors (Lipinski definition) is 6. The van der Waals surface area contributed by atoms with Crippen molar-refractivity contribution in [2.75, 3.05) is 16.8 Å². The van der Waals surface area contributed by atoms with E-state index in [0.29, 0.717) is 35.3 Å². The topological polar surface area (TPSA) is 116 Å². The van der Waals surface area contributed by atoms with Gasteiger partial charge >= 0.3 is 6.09 Å². The van der Waals surface area contributed by atoms with Gasteiger partial charge in [-0.2, -0.15) is 0 Å². The highest BCUT2D eigenvalue weighted by Gasteiger charge is 2.60. The molecule has 1 aliphatic carbocycles. The fraction of sp³-hybridized carbons (Fsp3) is 0.258. The first-order valence-corrected chi connectivity index (χ1v) is 13.7. The second-order valence-corrected chi connectivity index (χ2v) is 11.2. The standard InChI is InChI=1S/C31H24F2N4O6/c1-35(25-13-21-24(14-22(25)33)37(29(41)31(21)10-11-31)18-5-3-17(32)4-6-18)30(42)43-19-7-2-16-15-36(28(40)20(16)12-19)23-8-9-26(38)34-27(23)39/h2-7,12-14,23H,8-11,15H2,1H3,(H,34,38,39). The van der Waals surface area contributed by atoms with Crippen LogP contribution < -0.4 is 19.9 Å². The highest BCUT2D eigenvalue weighted by Crippen LogP contribution is 2.59. The number of carbonyl (C=O) groups is 5. The molecule has 5 amide bonds. The van der Waals surface area contributed by atoms with Crippen molar-refractivity contribution in [3.8, 4) is 5.75 Å². The first-order chi connectivity index (χ1) is 20.6. The molecule has 1 saturated carbocycles. The number of benzene rings is 3. The van der Waals surface area contributed by atoms with Gasteiger partial charge in [0.2, 0.25) is 17.7 Å². The smallest absolute Gasteiger partial charge is 0.410 e. The van der Waals surface area contributed by atoms with Crippen LogP contribution in [-0.2, 0) is 26.3 Å². The monoisotopic (exact) mass is 586 g/mol. The zero-order valence-corrected chi connectivity index (χ0v) is 22.9. The van der Waals surface area contributed by atoms with Crippen molar-refractivity contribution < 1.29 is 37.5 Å². The van der Waals surface area contributed by atoms with Gasteiger partial charge in [0.1, 0.15) is 23.4 Å². The number of nitrogens with one attached hydrogen (secondary N) is 1. The maximum Gasteiger partial charge on any atom is 0.419 e. The third-order valence-electron chi connectivity index (χ3n) is 8.61. The Bertz CT molecular complexity index is 1770. The molecule has 43 heavy (non-hydrogen) atoms. The third kappa shape index (κ3) is 4.16. The van der Waals surface area contributed by atoms with Crippen LogP contribution in [0.5, 0.6) is 5.75 Å². The van der Waals surface area contributed by atoms with Gasteiger partial charge in [0.15, 0.2) is 0 Å². The minimum atomic E-state index is -0.921. The number of halogens is 2. The molecule has 0 aromatic heterocycles. The normalized spacial score (nSPS) is 19.8. The van der Waals surface area contributed by atoms with Crippen molar-refractivity contribution >= 4 is 46.8 Å². The first-order valence-electron chi connectivity index (χ1n) is 13.7. The van der Waals surface area contributed by atoms with Crippen LogP contribution in [0.2, 0.25) is 0 Å². The van der Waals surface area contributed by atoms with Gasteiger partial charge in [-0.15, -0.1) is 0 Å². The fourth-order valence-corrected chi connectivity index (χ4v) is 6.13. The van der Waals surface area contributed by atoms with Crippen LogP contribution in [0.15, 0.2) is 54.6 Å². The van der Waals surface area contributed by atoms with Gasteiger partial charge in [-0.05, 0) is 72.9 Å². The van der Waals surface area contributed by atoms with Crippen molar-refractivity contribution in [2.45, 2.75) is 43.7 Å². The molecule has 4 aliphatic rings. The molecule has 2 fully saturated rings. The Morgan fingerprint density at radius 2 is 1.77 bits per heavy atom. The predicted octanol–water partition coefficient (Wildman–Crippen LogP) is 4.07. The first kappa shape index (κ1) is 26.7. The lowest BCUT2D eigenvalue weighted by molar-refractivity contribution is -0.137. The van der Waals surface area contributed by atoms with E-state index in [9.17, 15) is 28.4 Å². The third-order valence-corrected chi connectivity index (χ3v) is 8.61. The molecule has 0 radical (unpaired) electrons. The molecule has 1 spiro atoms. The largest absolute Gasteiger partial charge is 0.419 e. The summed E-state index contributed by atoms with van der Waals surface area (Å²) in [6, 6.07) is 11.8. The van der Waals surface area contributed by atoms with Crippen molar-refractivity contribution in [1.29, 1.82) is 0 Å². The second-order valence-electron chi connectivity index (χ2n) is 11.2. The Hall–Kier alpha value is -5.13. The summed E-state index contributed by atoms with van der Waals surface area (Å²) in [6.07, 6.45) is 0.558. The molecule has 10 nitrogen and oxygen atoms in total. The van der Waals surface area contributed by atoms with Crippen molar-refractivity contribution in [3.63, 3.8) is 0 Å². The summed E-state index contributed by atoms with van der Waals surface area (Å²) in [4.78, 5) is 67.2. The highest BCUT2D eigenvalue weighted by molar-refractivity contribution is 6.15. The summed E-state index contributed by atoms with van der Waals surface area (Å²) in [7, 11) is 1.34. The Balaban J connectivity index is 1.12. The van der Waals surface area contributed by atoms with Gasteiger partial charge in [0.05, 0.1) is 16.8 Å². The summed E-state index contributed by atoms with van der Waals surface area (Å²) in [6.45, 7) is 0.171. The minimum Gasteiger partial charge on any atom is -0.410 e. The van der Waals surface area contributed by atoms with E-state index in [1.165, 1.54) is 65.4 Å². The Labute approximate surface area is 243 Å². The molecule has 3 aliphatic heterocycles. The number of amides is 5. The van der Waals surface area contributed by atoms with E-state index in [0.717, 1.165) is 4.90 Å². The lowest BCUT2D eigenvalue weighted by Gasteiger charge is -2.29. The summed E-state index contributed by atoms with van der Waals surface area (Å²) in [5.41, 5.74) is 1.31. The molecular weight excluding hydrogens is 562 g/mol. The molecule has 12 heteroatoms. The summed E-state index contributed by atoms with van der Waals surface area (Å²) >= 11 is 0. The quantitative estimate of drug-likeness (QED) is 0.461. The number of carbonyl (C=O) groups excluding carboxylic acids is 5. The van der Waals surface area contributed by atoms with Gasteiger partial charge in [0, 0.05) is 37.3 Å². The van der Waals surface area contributed by atoms with Gasteiger partial charge in [-0.25, -0.2) is 13.6 Å². The Morgan fingerprint density at radius 3 is 2.47 bits per heavy atom. The van der Waals surface area contributed by atoms with Crippen molar-refractivity contribution in [2.24, 2.45) is 0 Å². The highest BCUT2D eigenvalue weighted by atomic mass is 19.1. The molecule has 3 aromatic carbocycles. The number of fused-ring (bicyclic) bond motifs is 3. The van der Waals surface area contributed by atoms with Crippen LogP contribution in [0.4, 0.5) is 30.6 Å². The summed E-state index contributed by atoms with van der Waals surface area (Å²) < 4.78 is 34.5. The van der Waals surface area contributed by atoms with Crippen molar-refractivity contribution in [1.82, 2.24) is 10.2 Å². The van der Waals surface area contributed by atoms with Crippen LogP contribution in [0.25, 0.3) is 0 Å². The molecule has 1 saturated heterocycles. The minimum absolute atomic E-state index is 0.0481. The summed E-state index contributed by atoms with van der Waals surface area (Å²) in [5.74, 6) is -2.75. The fourth-order valence-electron chi connectivity index (χ4n) is 6.13. The van der Waals surface area contributed by atoms with Gasteiger partial charge in [0.25, 0.3) is 5.91 Å². The second kappa shape index (κ2) is 9.45. The molecule has 1 atom stereocenters. The molecule has 3 aromatic rings. The molecule has 218 valence electrons. The number of piperidine rings is 1. The molecule has 1 unspecified atom stereocenters. The number of nitrogens with zero attached hydrogens (tertiary/aromatic N) is 3. The number of rotatable bonds is 4. The van der Waals surface area contributed by atoms with E-state index in [2.05, 4.69) is 5.32 Å². The number of hydrogen-bond donors (Lipinski definition) is 1. The van der Waals surface area contributed by atoms with E-state index in [4.69, 9.17) is 4.74 Å². The average molecular weight is 587 g/mol. The molecule has 0 bridgehead atoms. The maximum absolute atomic E-state index is 15.5. The van der Waals surface area contributed by atoms with Crippen LogP contribution in [0, 0.1) is 11.6 Å². The lowest BCUT2D eigenvalue weighted by atomic mass is 9.97. The van der Waals surface area contributed by atoms with Crippen molar-refractivity contribution in [3.05, 3.63) is 82.9 Å². The zero-order chi connectivity index (χ0) is 30.2. The SMILES string of the molecule is CN(C(=O)Oc1ccc2c(c1)C(=O)N(C1CCC(=O)NC1=O)C2)c1cc2c(cc1F)N(c1ccc(F)cc1)C(=O)C21CC1. The van der Waals surface area contributed by atoms with Crippen LogP contribution in [0.3, 0.4) is 0 Å². The zero-order valence-electron chi connectivity index (χ0n) is 22.9. The van der Waals surface area contributed by atoms with E-state index in [1.807, 2.05) is 0 Å². The molecule has 1 N–H and O–H groups in total. The van der Waals surface area contributed by atoms with Gasteiger partial charge < -0.3 is 9.64 Å². The average Bonchev–Trinajstić information content (AvgIpc) is 3.68. The van der Waals surface area contributed by atoms with E-state index in [1.54, 1.807) is 6.07 Å². The Morgan fingerprint density at radius 1 is 1.02 bits per heavy atom. The number of imide groups is 1. The van der Waals surface area contributed by atoms with Gasteiger partial charge in [-0.3, -0.25) is 34.3 Å². The predicted molar refractivity (Wildman–Crippen MR) is 148 cm³/mol. The van der Waals surface area contributed by atoms with Crippen LogP contribution in [-0.4, -0.2) is 47.7 Å². The molecule has 7 rings (SSSR count). The van der Waals surface area contributed by atoms with Gasteiger partial charge in [-0.1, -0.05) is 6.07 Å². The Kier molecular flexibility index (Phi) is 5.88. The van der Waals surface area contributed by atoms with Crippen LogP contribution in [0.1, 0.15) is 47.2 Å². The van der Waals surface area contributed by atoms with E-state index in [-0.39, 0.29) is 48.2 Å². The van der Waals surface area contributed by atoms with E-state index < -0.39 is 41.0 Å². The summed E-state index contributed by atoms with van der Waals surface area (Å²) in [5, 5.41) is 2.25. The maximum atomic E-state index is 15.5. The number of anilines is 3. The van der Waals surface area contributed by atoms with E-state index >= 15 is 4.39 Å². The number of ether oxygens (including phenoxy) is 1. The molecular formula is C31H24F2N4O6. The lowest BCUT2D eigenvalue weighted by Crippen LogP contribution is -2.52. The molecule has 3 heterocycles. The van der Waals surface area contributed by atoms with Crippen LogP contribution >= 0.6 is 0 Å².